The Morgan fingerprint density at radius 2 is 2.00 bits per heavy atom. The fourth-order valence-corrected chi connectivity index (χ4v) is 2.59. The average molecular weight is 267 g/mol. The Balaban J connectivity index is 2.37. The van der Waals surface area contributed by atoms with E-state index in [0.717, 1.165) is 12.0 Å². The van der Waals surface area contributed by atoms with Gasteiger partial charge >= 0.3 is 0 Å². The van der Waals surface area contributed by atoms with Crippen LogP contribution in [-0.4, -0.2) is 29.2 Å². The largest absolute Gasteiger partial charge is 0.384 e. The van der Waals surface area contributed by atoms with Gasteiger partial charge in [-0.05, 0) is 37.3 Å². The van der Waals surface area contributed by atoms with Crippen LogP contribution in [-0.2, 0) is 5.60 Å². The molecular weight excluding hydrogens is 242 g/mol. The third-order valence-corrected chi connectivity index (χ3v) is 4.02. The van der Waals surface area contributed by atoms with Crippen molar-refractivity contribution in [3.63, 3.8) is 0 Å². The summed E-state index contributed by atoms with van der Waals surface area (Å²) in [6, 6.07) is 10.3. The van der Waals surface area contributed by atoms with Crippen molar-refractivity contribution < 1.29 is 5.11 Å². The van der Waals surface area contributed by atoms with Crippen molar-refractivity contribution in [2.75, 3.05) is 18.1 Å². The van der Waals surface area contributed by atoms with Crippen LogP contribution in [0.25, 0.3) is 0 Å². The molecule has 102 valence electrons. The lowest BCUT2D eigenvalue weighted by atomic mass is 9.96. The average Bonchev–Trinajstić information content (AvgIpc) is 2.38. The Morgan fingerprint density at radius 3 is 2.61 bits per heavy atom. The van der Waals surface area contributed by atoms with Crippen LogP contribution < -0.4 is 5.32 Å². The molecule has 3 heteroatoms. The van der Waals surface area contributed by atoms with E-state index in [1.807, 2.05) is 49.0 Å². The van der Waals surface area contributed by atoms with Crippen LogP contribution >= 0.6 is 11.8 Å². The van der Waals surface area contributed by atoms with Crippen molar-refractivity contribution >= 4 is 11.8 Å². The van der Waals surface area contributed by atoms with Crippen molar-refractivity contribution in [1.29, 1.82) is 0 Å². The van der Waals surface area contributed by atoms with Gasteiger partial charge in [0, 0.05) is 12.6 Å². The van der Waals surface area contributed by atoms with Gasteiger partial charge < -0.3 is 10.4 Å². The molecule has 2 unspecified atom stereocenters. The Bertz CT molecular complexity index is 327. The van der Waals surface area contributed by atoms with E-state index in [0.29, 0.717) is 12.6 Å². The van der Waals surface area contributed by atoms with E-state index in [9.17, 15) is 5.11 Å². The first kappa shape index (κ1) is 15.5. The van der Waals surface area contributed by atoms with Crippen molar-refractivity contribution in [2.24, 2.45) is 0 Å². The molecular formula is C15H25NOS. The highest BCUT2D eigenvalue weighted by molar-refractivity contribution is 7.99. The maximum Gasteiger partial charge on any atom is 0.0992 e. The topological polar surface area (TPSA) is 32.3 Å². The molecule has 2 nitrogen and oxygen atoms in total. The molecule has 0 aliphatic heterocycles. The maximum absolute atomic E-state index is 10.4. The highest BCUT2D eigenvalue weighted by Crippen LogP contribution is 2.19. The first-order chi connectivity index (χ1) is 8.56. The van der Waals surface area contributed by atoms with Crippen LogP contribution in [0.15, 0.2) is 30.3 Å². The number of rotatable bonds is 8. The quantitative estimate of drug-likeness (QED) is 0.710. The lowest BCUT2D eigenvalue weighted by Gasteiger charge is -2.26. The molecule has 1 aromatic carbocycles. The zero-order valence-electron chi connectivity index (χ0n) is 11.6. The van der Waals surface area contributed by atoms with E-state index in [1.54, 1.807) is 0 Å². The van der Waals surface area contributed by atoms with Gasteiger partial charge in [-0.3, -0.25) is 0 Å². The third kappa shape index (κ3) is 5.42. The summed E-state index contributed by atoms with van der Waals surface area (Å²) in [6.07, 6.45) is 1.14. The lowest BCUT2D eigenvalue weighted by molar-refractivity contribution is 0.0543. The molecule has 1 rings (SSSR count). The van der Waals surface area contributed by atoms with Crippen LogP contribution in [0.4, 0.5) is 0 Å². The molecule has 0 bridgehead atoms. The van der Waals surface area contributed by atoms with Gasteiger partial charge in [0.2, 0.25) is 0 Å². The standard InChI is InChI=1S/C15H25NOS/c1-4-18-11-10-13(2)16-12-15(3,17)14-8-6-5-7-9-14/h5-9,13,16-17H,4,10-12H2,1-3H3. The molecule has 2 atom stereocenters. The summed E-state index contributed by atoms with van der Waals surface area (Å²) < 4.78 is 0. The van der Waals surface area contributed by atoms with Gasteiger partial charge in [0.05, 0.1) is 5.60 Å². The molecule has 0 saturated carbocycles. The van der Waals surface area contributed by atoms with Crippen molar-refractivity contribution in [3.8, 4) is 0 Å². The Morgan fingerprint density at radius 1 is 1.33 bits per heavy atom. The van der Waals surface area contributed by atoms with Gasteiger partial charge in [-0.2, -0.15) is 11.8 Å². The van der Waals surface area contributed by atoms with Crippen molar-refractivity contribution in [2.45, 2.75) is 38.8 Å². The Labute approximate surface area is 115 Å². The van der Waals surface area contributed by atoms with Crippen LogP contribution in [0.5, 0.6) is 0 Å². The summed E-state index contributed by atoms with van der Waals surface area (Å²) in [7, 11) is 0. The van der Waals surface area contributed by atoms with E-state index in [1.165, 1.54) is 11.5 Å². The number of hydrogen-bond acceptors (Lipinski definition) is 3. The third-order valence-electron chi connectivity index (χ3n) is 3.09. The highest BCUT2D eigenvalue weighted by atomic mass is 32.2. The molecule has 2 N–H and O–H groups in total. The van der Waals surface area contributed by atoms with Crippen molar-refractivity contribution in [3.05, 3.63) is 35.9 Å². The van der Waals surface area contributed by atoms with E-state index < -0.39 is 5.60 Å². The van der Waals surface area contributed by atoms with Crippen LogP contribution in [0.2, 0.25) is 0 Å². The second-order valence-corrected chi connectivity index (χ2v) is 6.30. The lowest BCUT2D eigenvalue weighted by Crippen LogP contribution is -2.39. The molecule has 0 heterocycles. The molecule has 0 radical (unpaired) electrons. The second-order valence-electron chi connectivity index (χ2n) is 4.91. The molecule has 0 amide bonds. The van der Waals surface area contributed by atoms with Gasteiger partial charge in [0.1, 0.15) is 0 Å². The second kappa shape index (κ2) is 7.82. The van der Waals surface area contributed by atoms with Gasteiger partial charge in [-0.25, -0.2) is 0 Å². The molecule has 0 fully saturated rings. The molecule has 0 aliphatic carbocycles. The minimum atomic E-state index is -0.798. The Kier molecular flexibility index (Phi) is 6.76. The van der Waals surface area contributed by atoms with Crippen LogP contribution in [0.3, 0.4) is 0 Å². The Hall–Kier alpha value is -0.510. The molecule has 0 saturated heterocycles. The zero-order chi connectivity index (χ0) is 13.4. The number of benzene rings is 1. The first-order valence-corrected chi connectivity index (χ1v) is 7.80. The molecule has 0 spiro atoms. The number of nitrogens with one attached hydrogen (secondary N) is 1. The smallest absolute Gasteiger partial charge is 0.0992 e. The summed E-state index contributed by atoms with van der Waals surface area (Å²) in [5.74, 6) is 2.35. The summed E-state index contributed by atoms with van der Waals surface area (Å²) in [4.78, 5) is 0. The minimum absolute atomic E-state index is 0.444. The van der Waals surface area contributed by atoms with E-state index >= 15 is 0 Å². The number of hydrogen-bond donors (Lipinski definition) is 2. The van der Waals surface area contributed by atoms with E-state index in [4.69, 9.17) is 0 Å². The minimum Gasteiger partial charge on any atom is -0.384 e. The van der Waals surface area contributed by atoms with Gasteiger partial charge in [0.25, 0.3) is 0 Å². The normalized spacial score (nSPS) is 16.2. The fourth-order valence-electron chi connectivity index (χ4n) is 1.78. The monoisotopic (exact) mass is 267 g/mol. The first-order valence-electron chi connectivity index (χ1n) is 6.65. The van der Waals surface area contributed by atoms with Gasteiger partial charge in [-0.15, -0.1) is 0 Å². The zero-order valence-corrected chi connectivity index (χ0v) is 12.5. The summed E-state index contributed by atoms with van der Waals surface area (Å²) in [5, 5.41) is 13.9. The predicted octanol–water partition coefficient (Wildman–Crippen LogP) is 3.02. The fraction of sp³-hybridized carbons (Fsp3) is 0.600. The summed E-state index contributed by atoms with van der Waals surface area (Å²) in [6.45, 7) is 6.82. The molecule has 0 aromatic heterocycles. The van der Waals surface area contributed by atoms with Crippen LogP contribution in [0.1, 0.15) is 32.8 Å². The molecule has 0 aliphatic rings. The van der Waals surface area contributed by atoms with Crippen LogP contribution in [0, 0.1) is 0 Å². The number of thioether (sulfide) groups is 1. The summed E-state index contributed by atoms with van der Waals surface area (Å²) >= 11 is 1.96. The maximum atomic E-state index is 10.4. The molecule has 18 heavy (non-hydrogen) atoms. The SMILES string of the molecule is CCSCCC(C)NCC(C)(O)c1ccccc1. The molecule has 1 aromatic rings. The number of aliphatic hydroxyl groups is 1. The van der Waals surface area contributed by atoms with E-state index in [2.05, 4.69) is 19.2 Å². The summed E-state index contributed by atoms with van der Waals surface area (Å²) in [5.41, 5.74) is 0.167. The van der Waals surface area contributed by atoms with Crippen molar-refractivity contribution in [1.82, 2.24) is 5.32 Å². The van der Waals surface area contributed by atoms with Gasteiger partial charge in [-0.1, -0.05) is 37.3 Å². The predicted molar refractivity (Wildman–Crippen MR) is 81.1 cm³/mol. The van der Waals surface area contributed by atoms with Gasteiger partial charge in [0.15, 0.2) is 0 Å². The highest BCUT2D eigenvalue weighted by Gasteiger charge is 2.22. The van der Waals surface area contributed by atoms with E-state index in [-0.39, 0.29) is 0 Å².